The molecule has 2 aromatic carbocycles. The molecule has 0 saturated heterocycles. The number of halogens is 2. The molecule has 0 fully saturated rings. The number of nitrogens with zero attached hydrogens (tertiary/aromatic N) is 1. The molecule has 1 N–H and O–H groups in total. The quantitative estimate of drug-likeness (QED) is 0.943. The molecule has 2 aromatic rings. The third kappa shape index (κ3) is 2.66. The highest BCUT2D eigenvalue weighted by molar-refractivity contribution is 6.00. The fourth-order valence-corrected chi connectivity index (χ4v) is 2.70. The fourth-order valence-electron chi connectivity index (χ4n) is 2.70. The van der Waals surface area contributed by atoms with Crippen molar-refractivity contribution in [1.82, 2.24) is 0 Å². The lowest BCUT2D eigenvalue weighted by atomic mass is 10.2. The lowest BCUT2D eigenvalue weighted by Crippen LogP contribution is -2.40. The Labute approximate surface area is 127 Å². The molecule has 0 aliphatic carbocycles. The van der Waals surface area contributed by atoms with Gasteiger partial charge in [0.25, 0.3) is 0 Å². The molecule has 22 heavy (non-hydrogen) atoms. The highest BCUT2D eigenvalue weighted by atomic mass is 19.2. The molecule has 114 valence electrons. The van der Waals surface area contributed by atoms with Gasteiger partial charge in [-0.25, -0.2) is 8.78 Å². The first-order valence-electron chi connectivity index (χ1n) is 7.17. The van der Waals surface area contributed by atoms with Crippen LogP contribution < -0.4 is 10.2 Å². The van der Waals surface area contributed by atoms with Gasteiger partial charge in [-0.15, -0.1) is 0 Å². The number of para-hydroxylation sites is 1. The van der Waals surface area contributed by atoms with E-state index in [4.69, 9.17) is 0 Å². The van der Waals surface area contributed by atoms with Crippen molar-refractivity contribution < 1.29 is 13.6 Å². The van der Waals surface area contributed by atoms with Crippen LogP contribution in [0.3, 0.4) is 0 Å². The molecule has 5 heteroatoms. The van der Waals surface area contributed by atoms with Crippen LogP contribution in [0.4, 0.5) is 20.2 Å². The number of fused-ring (bicyclic) bond motifs is 1. The van der Waals surface area contributed by atoms with E-state index in [0.29, 0.717) is 12.2 Å². The molecular weight excluding hydrogens is 286 g/mol. The maximum absolute atomic E-state index is 13.2. The second-order valence-electron chi connectivity index (χ2n) is 5.36. The van der Waals surface area contributed by atoms with E-state index in [9.17, 15) is 13.6 Å². The number of nitrogens with one attached hydrogen (secondary N) is 1. The lowest BCUT2D eigenvalue weighted by molar-refractivity contribution is -0.118. The van der Waals surface area contributed by atoms with Crippen LogP contribution in [0.5, 0.6) is 0 Å². The summed E-state index contributed by atoms with van der Waals surface area (Å²) in [6.07, 6.45) is 0.833. The summed E-state index contributed by atoms with van der Waals surface area (Å²) >= 11 is 0. The van der Waals surface area contributed by atoms with E-state index < -0.39 is 17.7 Å². The van der Waals surface area contributed by atoms with Crippen LogP contribution in [0.2, 0.25) is 0 Å². The van der Waals surface area contributed by atoms with Crippen LogP contribution in [0.15, 0.2) is 42.5 Å². The second kappa shape index (κ2) is 5.75. The molecule has 3 nitrogen and oxygen atoms in total. The summed E-state index contributed by atoms with van der Waals surface area (Å²) in [7, 11) is 0. The molecule has 1 unspecified atom stereocenters. The Morgan fingerprint density at radius 2 is 1.95 bits per heavy atom. The summed E-state index contributed by atoms with van der Waals surface area (Å²) in [5.74, 6) is -1.93. The fraction of sp³-hybridized carbons (Fsp3) is 0.235. The third-order valence-electron chi connectivity index (χ3n) is 3.83. The van der Waals surface area contributed by atoms with Gasteiger partial charge < -0.3 is 10.2 Å². The number of rotatable bonds is 3. The van der Waals surface area contributed by atoms with Gasteiger partial charge in [0.05, 0.1) is 0 Å². The van der Waals surface area contributed by atoms with Gasteiger partial charge in [0.2, 0.25) is 5.91 Å². The Morgan fingerprint density at radius 1 is 1.18 bits per heavy atom. The van der Waals surface area contributed by atoms with Crippen LogP contribution in [0.1, 0.15) is 12.5 Å². The topological polar surface area (TPSA) is 32.3 Å². The highest BCUT2D eigenvalue weighted by Crippen LogP contribution is 2.28. The minimum absolute atomic E-state index is 0.0883. The first-order chi connectivity index (χ1) is 10.6. The summed E-state index contributed by atoms with van der Waals surface area (Å²) in [4.78, 5) is 14.3. The normalized spacial score (nSPS) is 14.6. The Morgan fingerprint density at radius 3 is 2.73 bits per heavy atom. The second-order valence-corrected chi connectivity index (χ2v) is 5.36. The van der Waals surface area contributed by atoms with E-state index in [2.05, 4.69) is 5.32 Å². The first kappa shape index (κ1) is 14.5. The standard InChI is InChI=1S/C17H16F2N2O/c1-11(20-13-6-7-14(18)15(19)10-13)17(22)21-9-8-12-4-2-3-5-16(12)21/h2-7,10-11,20H,8-9H2,1H3. The minimum atomic E-state index is -0.934. The number of anilines is 2. The van der Waals surface area contributed by atoms with Gasteiger partial charge in [0.1, 0.15) is 6.04 Å². The molecule has 1 aliphatic rings. The van der Waals surface area contributed by atoms with Crippen LogP contribution in [-0.2, 0) is 11.2 Å². The molecule has 1 aliphatic heterocycles. The zero-order valence-corrected chi connectivity index (χ0v) is 12.1. The van der Waals surface area contributed by atoms with Crippen LogP contribution in [0, 0.1) is 11.6 Å². The van der Waals surface area contributed by atoms with Gasteiger partial charge in [-0.05, 0) is 37.1 Å². The van der Waals surface area contributed by atoms with Gasteiger partial charge in [0, 0.05) is 24.0 Å². The van der Waals surface area contributed by atoms with Crippen molar-refractivity contribution in [2.24, 2.45) is 0 Å². The third-order valence-corrected chi connectivity index (χ3v) is 3.83. The van der Waals surface area contributed by atoms with Crippen molar-refractivity contribution in [3.05, 3.63) is 59.7 Å². The monoisotopic (exact) mass is 302 g/mol. The Bertz CT molecular complexity index is 718. The van der Waals surface area contributed by atoms with Crippen molar-refractivity contribution >= 4 is 17.3 Å². The molecule has 1 atom stereocenters. The molecule has 0 radical (unpaired) electrons. The maximum Gasteiger partial charge on any atom is 0.249 e. The predicted molar refractivity (Wildman–Crippen MR) is 81.9 cm³/mol. The smallest absolute Gasteiger partial charge is 0.249 e. The maximum atomic E-state index is 13.2. The van der Waals surface area contributed by atoms with E-state index in [1.165, 1.54) is 6.07 Å². The van der Waals surface area contributed by atoms with Crippen molar-refractivity contribution in [2.75, 3.05) is 16.8 Å². The molecular formula is C17H16F2N2O. The minimum Gasteiger partial charge on any atom is -0.374 e. The van der Waals surface area contributed by atoms with E-state index >= 15 is 0 Å². The Balaban J connectivity index is 1.74. The van der Waals surface area contributed by atoms with Crippen LogP contribution in [0.25, 0.3) is 0 Å². The molecule has 1 amide bonds. The Hall–Kier alpha value is -2.43. The lowest BCUT2D eigenvalue weighted by Gasteiger charge is -2.23. The average Bonchev–Trinajstić information content (AvgIpc) is 2.94. The van der Waals surface area contributed by atoms with Crippen LogP contribution >= 0.6 is 0 Å². The summed E-state index contributed by atoms with van der Waals surface area (Å²) < 4.78 is 26.1. The van der Waals surface area contributed by atoms with E-state index in [1.807, 2.05) is 24.3 Å². The first-order valence-corrected chi connectivity index (χ1v) is 7.17. The zero-order chi connectivity index (χ0) is 15.7. The largest absolute Gasteiger partial charge is 0.374 e. The van der Waals surface area contributed by atoms with E-state index in [-0.39, 0.29) is 5.91 Å². The zero-order valence-electron chi connectivity index (χ0n) is 12.1. The van der Waals surface area contributed by atoms with Gasteiger partial charge in [-0.2, -0.15) is 0 Å². The number of hydrogen-bond acceptors (Lipinski definition) is 2. The molecule has 0 spiro atoms. The van der Waals surface area contributed by atoms with E-state index in [1.54, 1.807) is 11.8 Å². The van der Waals surface area contributed by atoms with Crippen LogP contribution in [-0.4, -0.2) is 18.5 Å². The summed E-state index contributed by atoms with van der Waals surface area (Å²) in [6, 6.07) is 10.8. The SMILES string of the molecule is CC(Nc1ccc(F)c(F)c1)C(=O)N1CCc2ccccc21. The number of amides is 1. The van der Waals surface area contributed by atoms with Gasteiger partial charge in [-0.3, -0.25) is 4.79 Å². The molecule has 0 aromatic heterocycles. The molecule has 0 saturated carbocycles. The summed E-state index contributed by atoms with van der Waals surface area (Å²) in [6.45, 7) is 2.35. The Kier molecular flexibility index (Phi) is 3.79. The highest BCUT2D eigenvalue weighted by Gasteiger charge is 2.27. The van der Waals surface area contributed by atoms with Crippen molar-refractivity contribution in [3.8, 4) is 0 Å². The number of benzene rings is 2. The van der Waals surface area contributed by atoms with Crippen molar-refractivity contribution in [3.63, 3.8) is 0 Å². The number of carbonyl (C=O) groups excluding carboxylic acids is 1. The number of hydrogen-bond donors (Lipinski definition) is 1. The molecule has 0 bridgehead atoms. The van der Waals surface area contributed by atoms with Gasteiger partial charge in [-0.1, -0.05) is 18.2 Å². The summed E-state index contributed by atoms with van der Waals surface area (Å²) in [5, 5.41) is 2.92. The molecule has 1 heterocycles. The number of carbonyl (C=O) groups is 1. The predicted octanol–water partition coefficient (Wildman–Crippen LogP) is 3.35. The molecule has 3 rings (SSSR count). The van der Waals surface area contributed by atoms with E-state index in [0.717, 1.165) is 29.8 Å². The van der Waals surface area contributed by atoms with Gasteiger partial charge >= 0.3 is 0 Å². The summed E-state index contributed by atoms with van der Waals surface area (Å²) in [5.41, 5.74) is 2.45. The van der Waals surface area contributed by atoms with Gasteiger partial charge in [0.15, 0.2) is 11.6 Å². The van der Waals surface area contributed by atoms with Crippen molar-refractivity contribution in [2.45, 2.75) is 19.4 Å². The average molecular weight is 302 g/mol. The van der Waals surface area contributed by atoms with Crippen molar-refractivity contribution in [1.29, 1.82) is 0 Å².